The molecule has 1 aromatic rings. The highest BCUT2D eigenvalue weighted by Crippen LogP contribution is 2.37. The largest absolute Gasteiger partial charge is 0.382 e. The van der Waals surface area contributed by atoms with Gasteiger partial charge >= 0.3 is 0 Å². The Morgan fingerprint density at radius 3 is 2.55 bits per heavy atom. The number of piperidine rings is 1. The number of nitrogen functional groups attached to an aromatic ring is 1. The highest BCUT2D eigenvalue weighted by Gasteiger charge is 2.30. The molecule has 0 atom stereocenters. The van der Waals surface area contributed by atoms with E-state index < -0.39 is 9.84 Å². The third kappa shape index (κ3) is 2.73. The average molecular weight is 318 g/mol. The number of hydrogen-bond acceptors (Lipinski definition) is 7. The molecule has 0 unspecified atom stereocenters. The van der Waals surface area contributed by atoms with E-state index >= 15 is 0 Å². The number of aromatic nitrogens is 1. The van der Waals surface area contributed by atoms with Gasteiger partial charge in [0.2, 0.25) is 5.91 Å². The minimum atomic E-state index is -3.41. The molecule has 0 bridgehead atoms. The Bertz CT molecular complexity index is 603. The molecule has 1 fully saturated rings. The number of anilines is 2. The fourth-order valence-electron chi connectivity index (χ4n) is 2.29. The normalized spacial score (nSPS) is 17.4. The molecule has 0 spiro atoms. The summed E-state index contributed by atoms with van der Waals surface area (Å²) in [5, 5.41) is 0.576. The van der Waals surface area contributed by atoms with Crippen molar-refractivity contribution >= 4 is 38.1 Å². The Morgan fingerprint density at radius 2 is 2.05 bits per heavy atom. The molecule has 2 heterocycles. The quantitative estimate of drug-likeness (QED) is 0.819. The van der Waals surface area contributed by atoms with E-state index in [1.165, 1.54) is 0 Å². The van der Waals surface area contributed by atoms with Crippen LogP contribution in [-0.2, 0) is 14.6 Å². The summed E-state index contributed by atoms with van der Waals surface area (Å²) in [5.74, 6) is -0.387. The molecule has 0 aromatic carbocycles. The molecule has 4 N–H and O–H groups in total. The Balaban J connectivity index is 2.26. The van der Waals surface area contributed by atoms with Gasteiger partial charge in [-0.25, -0.2) is 8.42 Å². The molecule has 0 aliphatic carbocycles. The van der Waals surface area contributed by atoms with Gasteiger partial charge in [-0.15, -0.1) is 0 Å². The van der Waals surface area contributed by atoms with Crippen molar-refractivity contribution in [1.82, 2.24) is 4.37 Å². The summed E-state index contributed by atoms with van der Waals surface area (Å²) in [7, 11) is -3.41. The van der Waals surface area contributed by atoms with E-state index in [4.69, 9.17) is 11.5 Å². The first-order valence-corrected chi connectivity index (χ1v) is 8.81. The van der Waals surface area contributed by atoms with Gasteiger partial charge in [-0.3, -0.25) is 4.79 Å². The van der Waals surface area contributed by atoms with Crippen molar-refractivity contribution in [2.45, 2.75) is 24.7 Å². The first-order valence-electron chi connectivity index (χ1n) is 6.39. The van der Waals surface area contributed by atoms with Crippen molar-refractivity contribution in [2.75, 3.05) is 29.5 Å². The van der Waals surface area contributed by atoms with Crippen LogP contribution in [0.5, 0.6) is 0 Å². The van der Waals surface area contributed by atoms with E-state index in [1.807, 2.05) is 4.90 Å². The molecule has 1 aliphatic heterocycles. The molecule has 0 saturated carbocycles. The number of sulfone groups is 1. The zero-order chi connectivity index (χ0) is 14.9. The maximum Gasteiger partial charge on any atom is 0.220 e. The average Bonchev–Trinajstić information content (AvgIpc) is 2.81. The summed E-state index contributed by atoms with van der Waals surface area (Å²) in [6.07, 6.45) is 1.25. The van der Waals surface area contributed by atoms with E-state index in [9.17, 15) is 13.2 Å². The van der Waals surface area contributed by atoms with Crippen LogP contribution < -0.4 is 16.4 Å². The number of hydrogen-bond donors (Lipinski definition) is 2. The van der Waals surface area contributed by atoms with Gasteiger partial charge in [-0.05, 0) is 24.4 Å². The lowest BCUT2D eigenvalue weighted by Gasteiger charge is -2.31. The van der Waals surface area contributed by atoms with Gasteiger partial charge < -0.3 is 16.4 Å². The summed E-state index contributed by atoms with van der Waals surface area (Å²) >= 11 is 1.09. The molecule has 1 aliphatic rings. The fraction of sp³-hybridized carbons (Fsp3) is 0.636. The monoisotopic (exact) mass is 318 g/mol. The molecule has 112 valence electrons. The number of carbonyl (C=O) groups excluding carboxylic acids is 1. The summed E-state index contributed by atoms with van der Waals surface area (Å²) in [4.78, 5) is 13.2. The van der Waals surface area contributed by atoms with Crippen LogP contribution in [0.2, 0.25) is 0 Å². The van der Waals surface area contributed by atoms with Gasteiger partial charge in [-0.2, -0.15) is 4.37 Å². The molecular weight excluding hydrogens is 300 g/mol. The summed E-state index contributed by atoms with van der Waals surface area (Å²) in [5.41, 5.74) is 11.0. The molecular formula is C11H18N4O3S2. The molecule has 9 heteroatoms. The van der Waals surface area contributed by atoms with E-state index in [2.05, 4.69) is 4.37 Å². The van der Waals surface area contributed by atoms with Gasteiger partial charge in [-0.1, -0.05) is 6.92 Å². The zero-order valence-corrected chi connectivity index (χ0v) is 12.8. The molecule has 0 radical (unpaired) electrons. The Morgan fingerprint density at radius 1 is 1.45 bits per heavy atom. The minimum absolute atomic E-state index is 0.0135. The van der Waals surface area contributed by atoms with Crippen molar-refractivity contribution in [2.24, 2.45) is 11.7 Å². The van der Waals surface area contributed by atoms with Gasteiger partial charge in [0.15, 0.2) is 15.7 Å². The molecule has 1 amide bonds. The number of nitrogens with zero attached hydrogens (tertiary/aromatic N) is 2. The van der Waals surface area contributed by atoms with E-state index in [-0.39, 0.29) is 28.3 Å². The molecule has 20 heavy (non-hydrogen) atoms. The standard InChI is InChI=1S/C11H18N4O3S2/c1-2-20(17,18)8-9(12)14-19-11(8)15-5-3-7(4-6-15)10(13)16/h7H,2-6H2,1H3,(H2,12,14)(H2,13,16). The predicted octanol–water partition coefficient (Wildman–Crippen LogP) is 0.221. The lowest BCUT2D eigenvalue weighted by molar-refractivity contribution is -0.122. The first kappa shape index (κ1) is 15.0. The number of nitrogens with two attached hydrogens (primary N) is 2. The molecule has 2 rings (SSSR count). The van der Waals surface area contributed by atoms with Crippen molar-refractivity contribution in [3.63, 3.8) is 0 Å². The van der Waals surface area contributed by atoms with Crippen LogP contribution in [-0.4, -0.2) is 37.5 Å². The number of carbonyl (C=O) groups is 1. The first-order chi connectivity index (χ1) is 9.36. The van der Waals surface area contributed by atoms with Gasteiger partial charge in [0.25, 0.3) is 0 Å². The predicted molar refractivity (Wildman–Crippen MR) is 78.4 cm³/mol. The van der Waals surface area contributed by atoms with Gasteiger partial charge in [0.1, 0.15) is 9.90 Å². The Labute approximate surface area is 122 Å². The van der Waals surface area contributed by atoms with Crippen LogP contribution in [0.4, 0.5) is 10.8 Å². The van der Waals surface area contributed by atoms with Gasteiger partial charge in [0, 0.05) is 19.0 Å². The third-order valence-corrected chi connectivity index (χ3v) is 6.37. The van der Waals surface area contributed by atoms with Crippen molar-refractivity contribution in [3.8, 4) is 0 Å². The van der Waals surface area contributed by atoms with Crippen LogP contribution in [0.1, 0.15) is 19.8 Å². The minimum Gasteiger partial charge on any atom is -0.382 e. The smallest absolute Gasteiger partial charge is 0.220 e. The van der Waals surface area contributed by atoms with Crippen LogP contribution in [0.15, 0.2) is 4.90 Å². The maximum absolute atomic E-state index is 12.1. The van der Waals surface area contributed by atoms with E-state index in [0.717, 1.165) is 11.5 Å². The highest BCUT2D eigenvalue weighted by molar-refractivity contribution is 7.91. The summed E-state index contributed by atoms with van der Waals surface area (Å²) in [6, 6.07) is 0. The highest BCUT2D eigenvalue weighted by atomic mass is 32.2. The lowest BCUT2D eigenvalue weighted by Crippen LogP contribution is -2.38. The van der Waals surface area contributed by atoms with Crippen LogP contribution >= 0.6 is 11.5 Å². The van der Waals surface area contributed by atoms with Crippen LogP contribution in [0.3, 0.4) is 0 Å². The second kappa shape index (κ2) is 5.57. The summed E-state index contributed by atoms with van der Waals surface area (Å²) < 4.78 is 28.2. The van der Waals surface area contributed by atoms with Gasteiger partial charge in [0.05, 0.1) is 5.75 Å². The Kier molecular flexibility index (Phi) is 4.19. The summed E-state index contributed by atoms with van der Waals surface area (Å²) in [6.45, 7) is 2.75. The van der Waals surface area contributed by atoms with E-state index in [1.54, 1.807) is 6.92 Å². The van der Waals surface area contributed by atoms with Crippen molar-refractivity contribution in [3.05, 3.63) is 0 Å². The molecule has 1 aromatic heterocycles. The van der Waals surface area contributed by atoms with Crippen LogP contribution in [0, 0.1) is 5.92 Å². The lowest BCUT2D eigenvalue weighted by atomic mass is 9.96. The number of primary amides is 1. The number of rotatable bonds is 4. The third-order valence-electron chi connectivity index (χ3n) is 3.53. The Hall–Kier alpha value is -1.35. The fourth-order valence-corrected chi connectivity index (χ4v) is 4.65. The zero-order valence-electron chi connectivity index (χ0n) is 11.2. The van der Waals surface area contributed by atoms with E-state index in [0.29, 0.717) is 30.9 Å². The number of amides is 1. The topological polar surface area (TPSA) is 119 Å². The van der Waals surface area contributed by atoms with Crippen molar-refractivity contribution in [1.29, 1.82) is 0 Å². The van der Waals surface area contributed by atoms with Crippen molar-refractivity contribution < 1.29 is 13.2 Å². The maximum atomic E-state index is 12.1. The van der Waals surface area contributed by atoms with Crippen LogP contribution in [0.25, 0.3) is 0 Å². The molecule has 7 nitrogen and oxygen atoms in total. The molecule has 1 saturated heterocycles. The second-order valence-electron chi connectivity index (χ2n) is 4.77. The SMILES string of the molecule is CCS(=O)(=O)c1c(N)nsc1N1CCC(C(N)=O)CC1. The second-order valence-corrected chi connectivity index (χ2v) is 7.74.